The van der Waals surface area contributed by atoms with Gasteiger partial charge in [-0.25, -0.2) is 0 Å². The van der Waals surface area contributed by atoms with Gasteiger partial charge in [0.25, 0.3) is 0 Å². The second kappa shape index (κ2) is 10.9. The lowest BCUT2D eigenvalue weighted by atomic mass is 10.0. The largest absolute Gasteiger partial charge is 0.387 e. The molecule has 0 aromatic carbocycles. The van der Waals surface area contributed by atoms with E-state index in [4.69, 9.17) is 0 Å². The summed E-state index contributed by atoms with van der Waals surface area (Å²) < 4.78 is 0. The average Bonchev–Trinajstić information content (AvgIpc) is 2.94. The number of aliphatic imine (C=N–C) groups is 1. The SMILES string of the molecule is C=C(C)CN1CCC(NC(=NCC2(O)CCSC2)NCC)CC1.I. The second-order valence-corrected chi connectivity index (χ2v) is 7.98. The Hall–Kier alpha value is 0.01000. The zero-order valence-corrected chi connectivity index (χ0v) is 18.2. The predicted octanol–water partition coefficient (Wildman–Crippen LogP) is 2.07. The summed E-state index contributed by atoms with van der Waals surface area (Å²) in [5.41, 5.74) is 0.617. The molecule has 1 unspecified atom stereocenters. The normalized spacial score (nSPS) is 26.0. The van der Waals surface area contributed by atoms with Crippen LogP contribution in [-0.2, 0) is 0 Å². The topological polar surface area (TPSA) is 59.9 Å². The molecule has 0 radical (unpaired) electrons. The lowest BCUT2D eigenvalue weighted by molar-refractivity contribution is 0.0778. The molecule has 0 aliphatic carbocycles. The van der Waals surface area contributed by atoms with E-state index in [0.29, 0.717) is 12.6 Å². The molecule has 0 aromatic heterocycles. The van der Waals surface area contributed by atoms with Crippen LogP contribution in [0, 0.1) is 0 Å². The third kappa shape index (κ3) is 7.49. The van der Waals surface area contributed by atoms with Gasteiger partial charge in [0, 0.05) is 38.0 Å². The lowest BCUT2D eigenvalue weighted by Gasteiger charge is -2.33. The number of rotatable bonds is 6. The maximum Gasteiger partial charge on any atom is 0.191 e. The van der Waals surface area contributed by atoms with Crippen molar-refractivity contribution in [1.29, 1.82) is 0 Å². The number of hydrogen-bond acceptors (Lipinski definition) is 4. The van der Waals surface area contributed by atoms with Crippen LogP contribution in [0.3, 0.4) is 0 Å². The molecule has 5 nitrogen and oxygen atoms in total. The van der Waals surface area contributed by atoms with Crippen molar-refractivity contribution in [2.75, 3.05) is 44.2 Å². The number of halogens is 1. The van der Waals surface area contributed by atoms with Gasteiger partial charge < -0.3 is 15.7 Å². The predicted molar refractivity (Wildman–Crippen MR) is 116 cm³/mol. The lowest BCUT2D eigenvalue weighted by Crippen LogP contribution is -2.49. The molecule has 0 bridgehead atoms. The number of likely N-dealkylation sites (tertiary alicyclic amines) is 1. The summed E-state index contributed by atoms with van der Waals surface area (Å²) in [4.78, 5) is 7.09. The van der Waals surface area contributed by atoms with Crippen LogP contribution in [-0.4, -0.2) is 71.8 Å². The van der Waals surface area contributed by atoms with Crippen molar-refractivity contribution in [3.63, 3.8) is 0 Å². The summed E-state index contributed by atoms with van der Waals surface area (Å²) in [6.07, 6.45) is 3.09. The molecular formula is C17H33IN4OS. The van der Waals surface area contributed by atoms with E-state index in [-0.39, 0.29) is 24.0 Å². The van der Waals surface area contributed by atoms with Gasteiger partial charge in [-0.15, -0.1) is 24.0 Å². The molecule has 2 fully saturated rings. The van der Waals surface area contributed by atoms with E-state index in [1.807, 2.05) is 11.8 Å². The fourth-order valence-electron chi connectivity index (χ4n) is 3.08. The Balaban J connectivity index is 0.00000288. The zero-order chi connectivity index (χ0) is 16.7. The number of piperidine rings is 1. The Kier molecular flexibility index (Phi) is 10.00. The molecule has 2 heterocycles. The van der Waals surface area contributed by atoms with Gasteiger partial charge in [-0.05, 0) is 38.9 Å². The highest BCUT2D eigenvalue weighted by atomic mass is 127. The van der Waals surface area contributed by atoms with Gasteiger partial charge in [-0.1, -0.05) is 12.2 Å². The Morgan fingerprint density at radius 3 is 2.67 bits per heavy atom. The van der Waals surface area contributed by atoms with Crippen molar-refractivity contribution in [3.05, 3.63) is 12.2 Å². The Labute approximate surface area is 168 Å². The van der Waals surface area contributed by atoms with Crippen LogP contribution < -0.4 is 10.6 Å². The van der Waals surface area contributed by atoms with Crippen molar-refractivity contribution in [1.82, 2.24) is 15.5 Å². The first-order valence-electron chi connectivity index (χ1n) is 8.72. The van der Waals surface area contributed by atoms with Crippen LogP contribution >= 0.6 is 35.7 Å². The average molecular weight is 468 g/mol. The minimum atomic E-state index is -0.613. The van der Waals surface area contributed by atoms with Crippen molar-refractivity contribution in [2.24, 2.45) is 4.99 Å². The first-order chi connectivity index (χ1) is 11.0. The smallest absolute Gasteiger partial charge is 0.191 e. The van der Waals surface area contributed by atoms with Crippen LogP contribution in [0.4, 0.5) is 0 Å². The Morgan fingerprint density at radius 2 is 2.12 bits per heavy atom. The zero-order valence-electron chi connectivity index (χ0n) is 15.0. The molecule has 24 heavy (non-hydrogen) atoms. The summed E-state index contributed by atoms with van der Waals surface area (Å²) in [6.45, 7) is 12.7. The Bertz CT molecular complexity index is 419. The number of hydrogen-bond donors (Lipinski definition) is 3. The van der Waals surface area contributed by atoms with Crippen molar-refractivity contribution >= 4 is 41.7 Å². The highest BCUT2D eigenvalue weighted by molar-refractivity contribution is 14.0. The maximum absolute atomic E-state index is 10.4. The van der Waals surface area contributed by atoms with E-state index in [2.05, 4.69) is 41.0 Å². The summed E-state index contributed by atoms with van der Waals surface area (Å²) >= 11 is 1.81. The van der Waals surface area contributed by atoms with Crippen molar-refractivity contribution in [2.45, 2.75) is 44.8 Å². The number of nitrogens with zero attached hydrogens (tertiary/aromatic N) is 2. The molecule has 3 N–H and O–H groups in total. The van der Waals surface area contributed by atoms with Crippen molar-refractivity contribution in [3.8, 4) is 0 Å². The second-order valence-electron chi connectivity index (χ2n) is 6.87. The minimum Gasteiger partial charge on any atom is -0.387 e. The molecule has 7 heteroatoms. The van der Waals surface area contributed by atoms with E-state index in [0.717, 1.165) is 62.9 Å². The first kappa shape index (κ1) is 22.1. The molecule has 2 aliphatic rings. The summed E-state index contributed by atoms with van der Waals surface area (Å²) in [5.74, 6) is 2.68. The maximum atomic E-state index is 10.4. The van der Waals surface area contributed by atoms with E-state index in [9.17, 15) is 5.11 Å². The van der Waals surface area contributed by atoms with E-state index in [1.54, 1.807) is 0 Å². The van der Waals surface area contributed by atoms with E-state index >= 15 is 0 Å². The van der Waals surface area contributed by atoms with Crippen LogP contribution in [0.5, 0.6) is 0 Å². The van der Waals surface area contributed by atoms with Gasteiger partial charge in [0.2, 0.25) is 0 Å². The molecule has 0 saturated carbocycles. The Morgan fingerprint density at radius 1 is 1.42 bits per heavy atom. The summed E-state index contributed by atoms with van der Waals surface area (Å²) in [7, 11) is 0. The highest BCUT2D eigenvalue weighted by Crippen LogP contribution is 2.27. The van der Waals surface area contributed by atoms with Gasteiger partial charge in [-0.2, -0.15) is 11.8 Å². The van der Waals surface area contributed by atoms with Gasteiger partial charge in [0.05, 0.1) is 12.1 Å². The van der Waals surface area contributed by atoms with Crippen LogP contribution in [0.1, 0.15) is 33.1 Å². The molecule has 0 aromatic rings. The minimum absolute atomic E-state index is 0. The molecule has 2 aliphatic heterocycles. The third-order valence-electron chi connectivity index (χ3n) is 4.38. The number of nitrogens with one attached hydrogen (secondary N) is 2. The number of guanidine groups is 1. The molecule has 0 amide bonds. The first-order valence-corrected chi connectivity index (χ1v) is 9.88. The molecule has 2 rings (SSSR count). The number of thioether (sulfide) groups is 1. The molecule has 140 valence electrons. The van der Waals surface area contributed by atoms with Gasteiger partial charge >= 0.3 is 0 Å². The van der Waals surface area contributed by atoms with Crippen LogP contribution in [0.25, 0.3) is 0 Å². The molecular weight excluding hydrogens is 435 g/mol. The van der Waals surface area contributed by atoms with Crippen molar-refractivity contribution < 1.29 is 5.11 Å². The van der Waals surface area contributed by atoms with Gasteiger partial charge in [-0.3, -0.25) is 9.89 Å². The monoisotopic (exact) mass is 468 g/mol. The molecule has 2 saturated heterocycles. The third-order valence-corrected chi connectivity index (χ3v) is 5.61. The van der Waals surface area contributed by atoms with Gasteiger partial charge in [0.15, 0.2) is 5.96 Å². The van der Waals surface area contributed by atoms with Crippen LogP contribution in [0.2, 0.25) is 0 Å². The molecule has 1 atom stereocenters. The van der Waals surface area contributed by atoms with E-state index < -0.39 is 5.60 Å². The summed E-state index contributed by atoms with van der Waals surface area (Å²) in [6, 6.07) is 0.460. The number of aliphatic hydroxyl groups is 1. The van der Waals surface area contributed by atoms with Gasteiger partial charge in [0.1, 0.15) is 0 Å². The summed E-state index contributed by atoms with van der Waals surface area (Å²) in [5, 5.41) is 17.3. The quantitative estimate of drug-likeness (QED) is 0.241. The van der Waals surface area contributed by atoms with E-state index in [1.165, 1.54) is 5.57 Å². The standard InChI is InChI=1S/C17H32N4OS.HI/c1-4-18-16(19-12-17(22)7-10-23-13-17)20-15-5-8-21(9-6-15)11-14(2)3;/h15,22H,2,4-13H2,1,3H3,(H2,18,19,20);1H. The van der Waals surface area contributed by atoms with Crippen LogP contribution in [0.15, 0.2) is 17.1 Å². The molecule has 0 spiro atoms. The fourth-order valence-corrected chi connectivity index (χ4v) is 4.36. The highest BCUT2D eigenvalue weighted by Gasteiger charge is 2.31. The fraction of sp³-hybridized carbons (Fsp3) is 0.824.